The largest absolute Gasteiger partial charge is 0.496 e. The second kappa shape index (κ2) is 6.68. The van der Waals surface area contributed by atoms with Gasteiger partial charge in [0.15, 0.2) is 5.78 Å². The van der Waals surface area contributed by atoms with Crippen molar-refractivity contribution in [3.63, 3.8) is 0 Å². The number of benzene rings is 2. The van der Waals surface area contributed by atoms with Gasteiger partial charge >= 0.3 is 0 Å². The summed E-state index contributed by atoms with van der Waals surface area (Å²) in [5.41, 5.74) is 2.46. The molecule has 1 unspecified atom stereocenters. The second-order valence-corrected chi connectivity index (χ2v) is 6.34. The van der Waals surface area contributed by atoms with Crippen molar-refractivity contribution in [3.05, 3.63) is 59.2 Å². The smallest absolute Gasteiger partial charge is 0.159 e. The first kappa shape index (κ1) is 15.4. The second-order valence-electron chi connectivity index (χ2n) is 4.89. The molecule has 3 nitrogen and oxygen atoms in total. The molecule has 0 radical (unpaired) electrons. The molecule has 2 aromatic rings. The number of ketones is 1. The number of rotatable bonds is 5. The molecule has 0 heterocycles. The van der Waals surface area contributed by atoms with Crippen LogP contribution >= 0.6 is 0 Å². The lowest BCUT2D eigenvalue weighted by atomic mass is 10.1. The van der Waals surface area contributed by atoms with Crippen LogP contribution in [0.4, 0.5) is 0 Å². The fourth-order valence-corrected chi connectivity index (χ4v) is 3.31. The average Bonchev–Trinajstić information content (AvgIpc) is 2.47. The summed E-state index contributed by atoms with van der Waals surface area (Å²) in [5.74, 6) is 0.967. The standard InChI is InChI=1S/C17H18O3S/c1-12-5-4-6-16(9-12)21(19)11-15-10-14(13(2)18)7-8-17(15)20-3/h4-10H,11H2,1-3H3. The molecule has 2 aromatic carbocycles. The van der Waals surface area contributed by atoms with Gasteiger partial charge in [-0.1, -0.05) is 12.1 Å². The van der Waals surface area contributed by atoms with E-state index in [4.69, 9.17) is 4.74 Å². The van der Waals surface area contributed by atoms with Gasteiger partial charge < -0.3 is 4.74 Å². The minimum Gasteiger partial charge on any atom is -0.496 e. The van der Waals surface area contributed by atoms with Crippen LogP contribution in [-0.2, 0) is 16.6 Å². The fourth-order valence-electron chi connectivity index (χ4n) is 2.09. The van der Waals surface area contributed by atoms with Crippen LogP contribution < -0.4 is 4.74 Å². The van der Waals surface area contributed by atoms with Crippen LogP contribution in [-0.4, -0.2) is 17.1 Å². The summed E-state index contributed by atoms with van der Waals surface area (Å²) in [5, 5.41) is 0. The van der Waals surface area contributed by atoms with Crippen LogP contribution in [0.3, 0.4) is 0 Å². The predicted octanol–water partition coefficient (Wildman–Crippen LogP) is 3.51. The molecule has 0 saturated heterocycles. The normalized spacial score (nSPS) is 12.0. The Bertz CT molecular complexity index is 692. The van der Waals surface area contributed by atoms with Crippen molar-refractivity contribution in [3.8, 4) is 5.75 Å². The van der Waals surface area contributed by atoms with Gasteiger partial charge in [-0.25, -0.2) is 0 Å². The highest BCUT2D eigenvalue weighted by atomic mass is 32.2. The topological polar surface area (TPSA) is 43.4 Å². The van der Waals surface area contributed by atoms with Crippen LogP contribution in [0.25, 0.3) is 0 Å². The lowest BCUT2D eigenvalue weighted by molar-refractivity contribution is 0.101. The van der Waals surface area contributed by atoms with E-state index in [0.717, 1.165) is 16.0 Å². The number of hydrogen-bond donors (Lipinski definition) is 0. The summed E-state index contributed by atoms with van der Waals surface area (Å²) in [6, 6.07) is 12.9. The highest BCUT2D eigenvalue weighted by Gasteiger charge is 2.12. The van der Waals surface area contributed by atoms with Crippen LogP contribution in [0, 0.1) is 6.92 Å². The van der Waals surface area contributed by atoms with E-state index in [1.807, 2.05) is 31.2 Å². The average molecular weight is 302 g/mol. The molecule has 0 spiro atoms. The van der Waals surface area contributed by atoms with Gasteiger partial charge in [0.05, 0.1) is 23.7 Å². The van der Waals surface area contributed by atoms with E-state index in [-0.39, 0.29) is 5.78 Å². The van der Waals surface area contributed by atoms with E-state index in [1.54, 1.807) is 25.3 Å². The van der Waals surface area contributed by atoms with E-state index in [2.05, 4.69) is 0 Å². The van der Waals surface area contributed by atoms with Crippen molar-refractivity contribution in [2.45, 2.75) is 24.5 Å². The van der Waals surface area contributed by atoms with E-state index < -0.39 is 10.8 Å². The minimum atomic E-state index is -1.17. The first-order chi connectivity index (χ1) is 10.0. The maximum atomic E-state index is 12.5. The number of methoxy groups -OCH3 is 1. The summed E-state index contributed by atoms with van der Waals surface area (Å²) in [4.78, 5) is 12.3. The lowest BCUT2D eigenvalue weighted by Crippen LogP contribution is -2.02. The van der Waals surface area contributed by atoms with Crippen LogP contribution in [0.5, 0.6) is 5.75 Å². The maximum Gasteiger partial charge on any atom is 0.159 e. The molecule has 0 amide bonds. The number of carbonyl (C=O) groups is 1. The Hall–Kier alpha value is -1.94. The van der Waals surface area contributed by atoms with Crippen molar-refractivity contribution >= 4 is 16.6 Å². The van der Waals surface area contributed by atoms with Gasteiger partial charge in [0.1, 0.15) is 5.75 Å². The molecule has 0 saturated carbocycles. The van der Waals surface area contributed by atoms with Gasteiger partial charge in [-0.05, 0) is 49.7 Å². The third kappa shape index (κ3) is 3.79. The SMILES string of the molecule is COc1ccc(C(C)=O)cc1CS(=O)c1cccc(C)c1. The summed E-state index contributed by atoms with van der Waals surface area (Å²) >= 11 is 0. The van der Waals surface area contributed by atoms with Crippen molar-refractivity contribution in [2.75, 3.05) is 7.11 Å². The third-order valence-corrected chi connectivity index (χ3v) is 4.58. The molecule has 1 atom stereocenters. The Kier molecular flexibility index (Phi) is 4.91. The zero-order valence-corrected chi connectivity index (χ0v) is 13.2. The molecular formula is C17H18O3S. The summed E-state index contributed by atoms with van der Waals surface area (Å²) in [6.45, 7) is 3.49. The van der Waals surface area contributed by atoms with Crippen LogP contribution in [0.15, 0.2) is 47.4 Å². The first-order valence-electron chi connectivity index (χ1n) is 6.64. The highest BCUT2D eigenvalue weighted by molar-refractivity contribution is 7.84. The number of aryl methyl sites for hydroxylation is 1. The van der Waals surface area contributed by atoms with Gasteiger partial charge in [0.2, 0.25) is 0 Å². The Morgan fingerprint density at radius 1 is 1.19 bits per heavy atom. The molecule has 0 aromatic heterocycles. The number of ether oxygens (including phenoxy) is 1. The summed E-state index contributed by atoms with van der Waals surface area (Å²) in [7, 11) is 0.402. The van der Waals surface area contributed by atoms with Gasteiger partial charge in [-0.15, -0.1) is 0 Å². The number of Topliss-reactive ketones (excluding diaryl/α,β-unsaturated/α-hetero) is 1. The Balaban J connectivity index is 2.31. The molecule has 0 fully saturated rings. The monoisotopic (exact) mass is 302 g/mol. The van der Waals surface area contributed by atoms with Crippen LogP contribution in [0.1, 0.15) is 28.4 Å². The maximum absolute atomic E-state index is 12.5. The van der Waals surface area contributed by atoms with E-state index in [1.165, 1.54) is 6.92 Å². The third-order valence-electron chi connectivity index (χ3n) is 3.23. The zero-order chi connectivity index (χ0) is 15.4. The predicted molar refractivity (Wildman–Crippen MR) is 84.3 cm³/mol. The van der Waals surface area contributed by atoms with Gasteiger partial charge in [0.25, 0.3) is 0 Å². The van der Waals surface area contributed by atoms with Gasteiger partial charge in [-0.2, -0.15) is 0 Å². The zero-order valence-electron chi connectivity index (χ0n) is 12.4. The van der Waals surface area contributed by atoms with Crippen molar-refractivity contribution < 1.29 is 13.7 Å². The van der Waals surface area contributed by atoms with Crippen molar-refractivity contribution in [2.24, 2.45) is 0 Å². The van der Waals surface area contributed by atoms with Crippen molar-refractivity contribution in [1.82, 2.24) is 0 Å². The summed E-state index contributed by atoms with van der Waals surface area (Å²) in [6.07, 6.45) is 0. The fraction of sp³-hybridized carbons (Fsp3) is 0.235. The van der Waals surface area contributed by atoms with Gasteiger partial charge in [-0.3, -0.25) is 9.00 Å². The first-order valence-corrected chi connectivity index (χ1v) is 7.96. The lowest BCUT2D eigenvalue weighted by Gasteiger charge is -2.10. The van der Waals surface area contributed by atoms with E-state index >= 15 is 0 Å². The molecule has 0 bridgehead atoms. The molecule has 4 heteroatoms. The molecule has 0 N–H and O–H groups in total. The summed E-state index contributed by atoms with van der Waals surface area (Å²) < 4.78 is 17.8. The Morgan fingerprint density at radius 2 is 1.95 bits per heavy atom. The van der Waals surface area contributed by atoms with E-state index in [9.17, 15) is 9.00 Å². The Morgan fingerprint density at radius 3 is 2.57 bits per heavy atom. The quantitative estimate of drug-likeness (QED) is 0.794. The highest BCUT2D eigenvalue weighted by Crippen LogP contribution is 2.24. The Labute approximate surface area is 127 Å². The molecule has 21 heavy (non-hydrogen) atoms. The molecule has 0 aliphatic carbocycles. The molecule has 2 rings (SSSR count). The van der Waals surface area contributed by atoms with Crippen LogP contribution in [0.2, 0.25) is 0 Å². The van der Waals surface area contributed by atoms with E-state index in [0.29, 0.717) is 17.1 Å². The number of hydrogen-bond acceptors (Lipinski definition) is 3. The molecule has 0 aliphatic rings. The molecular weight excluding hydrogens is 284 g/mol. The van der Waals surface area contributed by atoms with Crippen molar-refractivity contribution in [1.29, 1.82) is 0 Å². The minimum absolute atomic E-state index is 0.0137. The molecule has 110 valence electrons. The van der Waals surface area contributed by atoms with Gasteiger partial charge in [0, 0.05) is 16.0 Å². The number of carbonyl (C=O) groups excluding carboxylic acids is 1. The molecule has 0 aliphatic heterocycles.